The molecule has 0 aromatic heterocycles. The quantitative estimate of drug-likeness (QED) is 0.284. The van der Waals surface area contributed by atoms with E-state index in [-0.39, 0.29) is 9.90 Å². The molecule has 0 radical (unpaired) electrons. The maximum atomic E-state index is 10.2. The zero-order chi connectivity index (χ0) is 4.50. The van der Waals surface area contributed by atoms with E-state index in [1.54, 1.807) is 0 Å². The zero-order valence-corrected chi connectivity index (χ0v) is 4.99. The summed E-state index contributed by atoms with van der Waals surface area (Å²) >= 11 is 0. The highest BCUT2D eigenvalue weighted by Crippen LogP contribution is 1.74. The Morgan fingerprint density at radius 1 is 1.50 bits per heavy atom. The van der Waals surface area contributed by atoms with E-state index in [4.69, 9.17) is 13.0 Å². The Labute approximate surface area is 38.2 Å². The van der Waals surface area contributed by atoms with Crippen LogP contribution in [0.1, 0.15) is 0 Å². The first-order valence-electron chi connectivity index (χ1n) is 0.670. The monoisotopic (exact) mass is 134 g/mol. The lowest BCUT2D eigenvalue weighted by molar-refractivity contribution is 0.435. The third kappa shape index (κ3) is 626. The van der Waals surface area contributed by atoms with Gasteiger partial charge < -0.3 is 0 Å². The SMILES string of the molecule is O=S(=O)(O)F.P. The summed E-state index contributed by atoms with van der Waals surface area (Å²) in [5, 5.41) is 0. The van der Waals surface area contributed by atoms with Crippen molar-refractivity contribution in [2.24, 2.45) is 0 Å². The van der Waals surface area contributed by atoms with E-state index in [1.807, 2.05) is 0 Å². The standard InChI is InChI=1S/FHO3S.H3P/c1-5(2,3)4;/h(H,2,3,4);1H3. The van der Waals surface area contributed by atoms with Gasteiger partial charge in [-0.1, -0.05) is 3.89 Å². The average Bonchev–Trinajstić information content (AvgIpc) is 0.722. The van der Waals surface area contributed by atoms with Crippen LogP contribution in [0, 0.1) is 0 Å². The third-order valence-corrected chi connectivity index (χ3v) is 0. The molecule has 6 heteroatoms. The van der Waals surface area contributed by atoms with Crippen molar-refractivity contribution in [2.75, 3.05) is 0 Å². The van der Waals surface area contributed by atoms with Gasteiger partial charge in [-0.15, -0.1) is 0 Å². The fourth-order valence-corrected chi connectivity index (χ4v) is 0. The second-order valence-corrected chi connectivity index (χ2v) is 1.24. The molecule has 0 bridgehead atoms. The Balaban J connectivity index is 0. The van der Waals surface area contributed by atoms with Crippen molar-refractivity contribution in [1.82, 2.24) is 0 Å². The number of hydrogen-bond donors (Lipinski definition) is 1. The van der Waals surface area contributed by atoms with Crippen LogP contribution in [0.15, 0.2) is 0 Å². The Kier molecular flexibility index (Phi) is 3.89. The van der Waals surface area contributed by atoms with Crippen LogP contribution in [0.4, 0.5) is 3.89 Å². The van der Waals surface area contributed by atoms with Gasteiger partial charge in [-0.05, 0) is 0 Å². The molecule has 6 heavy (non-hydrogen) atoms. The Morgan fingerprint density at radius 3 is 1.50 bits per heavy atom. The van der Waals surface area contributed by atoms with Crippen molar-refractivity contribution >= 4 is 20.4 Å². The minimum Gasteiger partial charge on any atom is -0.260 e. The van der Waals surface area contributed by atoms with Crippen LogP contribution in [0.3, 0.4) is 0 Å². The van der Waals surface area contributed by atoms with Crippen molar-refractivity contribution in [3.8, 4) is 0 Å². The maximum Gasteiger partial charge on any atom is 0.435 e. The van der Waals surface area contributed by atoms with Gasteiger partial charge in [0.1, 0.15) is 0 Å². The zero-order valence-electron chi connectivity index (χ0n) is 2.76. The summed E-state index contributed by atoms with van der Waals surface area (Å²) < 4.78 is 34.1. The molecule has 0 aromatic carbocycles. The maximum absolute atomic E-state index is 10.2. The summed E-state index contributed by atoms with van der Waals surface area (Å²) in [4.78, 5) is 0. The second kappa shape index (κ2) is 2.44. The highest BCUT2D eigenvalue weighted by molar-refractivity contribution is 7.80. The van der Waals surface area contributed by atoms with Gasteiger partial charge in [0.25, 0.3) is 0 Å². The van der Waals surface area contributed by atoms with Gasteiger partial charge in [-0.2, -0.15) is 18.3 Å². The number of halogens is 1. The highest BCUT2D eigenvalue weighted by Gasteiger charge is 1.89. The summed E-state index contributed by atoms with van der Waals surface area (Å²) in [6.45, 7) is 0. The molecule has 0 fully saturated rings. The molecule has 1 N–H and O–H groups in total. The predicted molar refractivity (Wildman–Crippen MR) is 23.8 cm³/mol. The third-order valence-electron chi connectivity index (χ3n) is 0. The summed E-state index contributed by atoms with van der Waals surface area (Å²) in [6.07, 6.45) is 0. The topological polar surface area (TPSA) is 54.4 Å². The molecule has 0 heterocycles. The second-order valence-electron chi connectivity index (χ2n) is 0.412. The first-order chi connectivity index (χ1) is 2.00. The van der Waals surface area contributed by atoms with Crippen LogP contribution < -0.4 is 0 Å². The minimum atomic E-state index is -5.17. The molecular weight excluding hydrogens is 130 g/mol. The summed E-state index contributed by atoms with van der Waals surface area (Å²) in [7, 11) is -5.17. The van der Waals surface area contributed by atoms with Crippen molar-refractivity contribution in [2.45, 2.75) is 0 Å². The van der Waals surface area contributed by atoms with Gasteiger partial charge in [-0.3, -0.25) is 4.55 Å². The molecule has 0 saturated carbocycles. The summed E-state index contributed by atoms with van der Waals surface area (Å²) in [6, 6.07) is 0. The van der Waals surface area contributed by atoms with Crippen LogP contribution in [-0.4, -0.2) is 13.0 Å². The van der Waals surface area contributed by atoms with Crippen LogP contribution in [-0.2, 0) is 10.5 Å². The molecule has 0 spiro atoms. The van der Waals surface area contributed by atoms with Gasteiger partial charge in [0, 0.05) is 0 Å². The lowest BCUT2D eigenvalue weighted by Gasteiger charge is -1.63. The lowest BCUT2D eigenvalue weighted by atomic mass is 15.9. The van der Waals surface area contributed by atoms with E-state index in [9.17, 15) is 3.89 Å². The van der Waals surface area contributed by atoms with Crippen LogP contribution >= 0.6 is 9.90 Å². The van der Waals surface area contributed by atoms with Gasteiger partial charge in [-0.25, -0.2) is 0 Å². The molecule has 1 atom stereocenters. The molecule has 0 aliphatic rings. The molecular formula is H4FO3PS. The Bertz CT molecular complexity index is 94.0. The van der Waals surface area contributed by atoms with E-state index < -0.39 is 10.5 Å². The smallest absolute Gasteiger partial charge is 0.260 e. The molecule has 0 aliphatic heterocycles. The van der Waals surface area contributed by atoms with E-state index in [0.29, 0.717) is 0 Å². The van der Waals surface area contributed by atoms with Crippen LogP contribution in [0.25, 0.3) is 0 Å². The predicted octanol–water partition coefficient (Wildman–Crippen LogP) is -0.183. The van der Waals surface area contributed by atoms with Crippen molar-refractivity contribution in [3.05, 3.63) is 0 Å². The molecule has 0 rings (SSSR count). The first-order valence-corrected chi connectivity index (χ1v) is 2.01. The Hall–Kier alpha value is 0.270. The van der Waals surface area contributed by atoms with Crippen molar-refractivity contribution in [3.63, 3.8) is 0 Å². The first kappa shape index (κ1) is 9.55. The van der Waals surface area contributed by atoms with E-state index in [0.717, 1.165) is 0 Å². The fraction of sp³-hybridized carbons (Fsp3) is 0. The van der Waals surface area contributed by atoms with E-state index in [2.05, 4.69) is 0 Å². The lowest BCUT2D eigenvalue weighted by Crippen LogP contribution is -1.80. The number of rotatable bonds is 0. The molecule has 0 aliphatic carbocycles. The highest BCUT2D eigenvalue weighted by atomic mass is 32.3. The molecule has 0 saturated heterocycles. The molecule has 3 nitrogen and oxygen atoms in total. The summed E-state index contributed by atoms with van der Waals surface area (Å²) in [5.41, 5.74) is 0. The fourth-order valence-electron chi connectivity index (χ4n) is 0. The molecule has 40 valence electrons. The van der Waals surface area contributed by atoms with E-state index in [1.165, 1.54) is 0 Å². The largest absolute Gasteiger partial charge is 0.435 e. The average molecular weight is 134 g/mol. The van der Waals surface area contributed by atoms with Crippen molar-refractivity contribution in [1.29, 1.82) is 0 Å². The van der Waals surface area contributed by atoms with Crippen LogP contribution in [0.5, 0.6) is 0 Å². The van der Waals surface area contributed by atoms with Gasteiger partial charge in [0.2, 0.25) is 0 Å². The Morgan fingerprint density at radius 2 is 1.50 bits per heavy atom. The van der Waals surface area contributed by atoms with Gasteiger partial charge in [0.05, 0.1) is 0 Å². The van der Waals surface area contributed by atoms with Gasteiger partial charge >= 0.3 is 10.5 Å². The van der Waals surface area contributed by atoms with Gasteiger partial charge in [0.15, 0.2) is 0 Å². The minimum absolute atomic E-state index is 0. The normalized spacial score (nSPS) is 9.67. The number of hydrogen-bond acceptors (Lipinski definition) is 2. The van der Waals surface area contributed by atoms with E-state index >= 15 is 0 Å². The van der Waals surface area contributed by atoms with Crippen molar-refractivity contribution < 1.29 is 16.9 Å². The molecule has 0 aromatic rings. The van der Waals surface area contributed by atoms with Crippen LogP contribution in [0.2, 0.25) is 0 Å². The molecule has 1 unspecified atom stereocenters. The summed E-state index contributed by atoms with van der Waals surface area (Å²) in [5.74, 6) is 0. The molecule has 0 amide bonds.